The van der Waals surface area contributed by atoms with E-state index in [4.69, 9.17) is 11.6 Å². The van der Waals surface area contributed by atoms with Crippen LogP contribution in [0.1, 0.15) is 0 Å². The highest BCUT2D eigenvalue weighted by Crippen LogP contribution is 2.26. The molecule has 0 aliphatic heterocycles. The average Bonchev–Trinajstić information content (AvgIpc) is 2.62. The van der Waals surface area contributed by atoms with E-state index in [0.29, 0.717) is 5.02 Å². The summed E-state index contributed by atoms with van der Waals surface area (Å²) in [5, 5.41) is 0.624. The van der Waals surface area contributed by atoms with Crippen molar-refractivity contribution in [2.75, 3.05) is 0 Å². The Labute approximate surface area is 89.3 Å². The summed E-state index contributed by atoms with van der Waals surface area (Å²) in [6, 6.07) is 5.67. The zero-order chi connectivity index (χ0) is 9.26. The van der Waals surface area contributed by atoms with Crippen LogP contribution in [0.3, 0.4) is 0 Å². The highest BCUT2D eigenvalue weighted by molar-refractivity contribution is 9.10. The van der Waals surface area contributed by atoms with Gasteiger partial charge in [-0.05, 0) is 34.1 Å². The van der Waals surface area contributed by atoms with Gasteiger partial charge in [0.15, 0.2) is 5.82 Å². The van der Waals surface area contributed by atoms with E-state index in [1.807, 2.05) is 35.2 Å². The summed E-state index contributed by atoms with van der Waals surface area (Å²) >= 11 is 9.40. The van der Waals surface area contributed by atoms with Gasteiger partial charge < -0.3 is 4.57 Å². The Bertz CT molecular complexity index is 412. The number of rotatable bonds is 1. The second-order valence-electron chi connectivity index (χ2n) is 2.52. The van der Waals surface area contributed by atoms with Crippen molar-refractivity contribution in [1.82, 2.24) is 9.55 Å². The third kappa shape index (κ3) is 1.62. The van der Waals surface area contributed by atoms with Crippen LogP contribution < -0.4 is 0 Å². The predicted octanol–water partition coefficient (Wildman–Crippen LogP) is 3.29. The first-order chi connectivity index (χ1) is 6.29. The molecule has 0 aliphatic carbocycles. The molecule has 0 atom stereocenters. The van der Waals surface area contributed by atoms with Crippen molar-refractivity contribution in [2.24, 2.45) is 0 Å². The van der Waals surface area contributed by atoms with E-state index < -0.39 is 0 Å². The van der Waals surface area contributed by atoms with E-state index in [1.165, 1.54) is 0 Å². The molecule has 0 amide bonds. The van der Waals surface area contributed by atoms with E-state index in [1.54, 1.807) is 6.20 Å². The minimum absolute atomic E-state index is 0.624. The number of pyridine rings is 1. The van der Waals surface area contributed by atoms with Crippen LogP contribution in [0.25, 0.3) is 5.82 Å². The topological polar surface area (TPSA) is 17.8 Å². The number of hydrogen-bond donors (Lipinski definition) is 0. The zero-order valence-corrected chi connectivity index (χ0v) is 8.96. The van der Waals surface area contributed by atoms with E-state index in [0.717, 1.165) is 10.3 Å². The maximum Gasteiger partial charge on any atom is 0.156 e. The molecular weight excluding hydrogens is 251 g/mol. The van der Waals surface area contributed by atoms with Crippen molar-refractivity contribution in [3.63, 3.8) is 0 Å². The van der Waals surface area contributed by atoms with Gasteiger partial charge in [0.25, 0.3) is 0 Å². The second-order valence-corrected chi connectivity index (χ2v) is 3.75. The van der Waals surface area contributed by atoms with Gasteiger partial charge in [0.1, 0.15) is 0 Å². The number of halogens is 2. The van der Waals surface area contributed by atoms with Crippen molar-refractivity contribution in [2.45, 2.75) is 0 Å². The summed E-state index contributed by atoms with van der Waals surface area (Å²) in [5.74, 6) is 0.737. The fraction of sp³-hybridized carbons (Fsp3) is 0. The van der Waals surface area contributed by atoms with Gasteiger partial charge in [-0.15, -0.1) is 0 Å². The molecule has 4 heteroatoms. The lowest BCUT2D eigenvalue weighted by Crippen LogP contribution is -1.94. The van der Waals surface area contributed by atoms with E-state index in [2.05, 4.69) is 20.9 Å². The van der Waals surface area contributed by atoms with Crippen LogP contribution in [-0.4, -0.2) is 9.55 Å². The standard InChI is InChI=1S/C9H6BrClN2/c10-7-3-4-12-9(8(7)11)13-5-1-2-6-13/h1-6H. The molecule has 0 bridgehead atoms. The van der Waals surface area contributed by atoms with Gasteiger partial charge in [0, 0.05) is 23.1 Å². The normalized spacial score (nSPS) is 10.3. The molecule has 2 aromatic rings. The third-order valence-corrected chi connectivity index (χ3v) is 2.93. The number of nitrogens with zero attached hydrogens (tertiary/aromatic N) is 2. The molecule has 0 aliphatic rings. The Morgan fingerprint density at radius 3 is 2.69 bits per heavy atom. The maximum absolute atomic E-state index is 6.05. The summed E-state index contributed by atoms with van der Waals surface area (Å²) < 4.78 is 2.72. The van der Waals surface area contributed by atoms with Gasteiger partial charge in [0.2, 0.25) is 0 Å². The average molecular weight is 258 g/mol. The minimum atomic E-state index is 0.624. The second kappa shape index (κ2) is 3.52. The first-order valence-electron chi connectivity index (χ1n) is 3.72. The first-order valence-corrected chi connectivity index (χ1v) is 4.89. The summed E-state index contributed by atoms with van der Waals surface area (Å²) in [7, 11) is 0. The Morgan fingerprint density at radius 1 is 1.31 bits per heavy atom. The summed E-state index contributed by atoms with van der Waals surface area (Å²) in [6.45, 7) is 0. The van der Waals surface area contributed by atoms with Crippen molar-refractivity contribution >= 4 is 27.5 Å². The predicted molar refractivity (Wildman–Crippen MR) is 56.3 cm³/mol. The Hall–Kier alpha value is -0.800. The van der Waals surface area contributed by atoms with Gasteiger partial charge in [-0.1, -0.05) is 11.6 Å². The Morgan fingerprint density at radius 2 is 2.00 bits per heavy atom. The van der Waals surface area contributed by atoms with Crippen LogP contribution in [-0.2, 0) is 0 Å². The maximum atomic E-state index is 6.05. The molecule has 0 aromatic carbocycles. The lowest BCUT2D eigenvalue weighted by molar-refractivity contribution is 1.01. The lowest BCUT2D eigenvalue weighted by atomic mass is 10.4. The molecule has 0 N–H and O–H groups in total. The third-order valence-electron chi connectivity index (χ3n) is 1.67. The molecule has 13 heavy (non-hydrogen) atoms. The highest BCUT2D eigenvalue weighted by atomic mass is 79.9. The largest absolute Gasteiger partial charge is 0.307 e. The molecule has 2 rings (SSSR count). The number of hydrogen-bond acceptors (Lipinski definition) is 1. The smallest absolute Gasteiger partial charge is 0.156 e. The van der Waals surface area contributed by atoms with Crippen molar-refractivity contribution < 1.29 is 0 Å². The van der Waals surface area contributed by atoms with Gasteiger partial charge >= 0.3 is 0 Å². The van der Waals surface area contributed by atoms with Crippen LogP contribution in [0.5, 0.6) is 0 Å². The molecule has 0 radical (unpaired) electrons. The van der Waals surface area contributed by atoms with E-state index in [-0.39, 0.29) is 0 Å². The van der Waals surface area contributed by atoms with Crippen LogP contribution >= 0.6 is 27.5 Å². The molecular formula is C9H6BrClN2. The molecule has 0 spiro atoms. The monoisotopic (exact) mass is 256 g/mol. The SMILES string of the molecule is Clc1c(Br)ccnc1-n1cccc1. The minimum Gasteiger partial charge on any atom is -0.307 e. The summed E-state index contributed by atoms with van der Waals surface area (Å²) in [4.78, 5) is 4.18. The molecule has 0 fully saturated rings. The molecule has 0 saturated carbocycles. The first kappa shape index (κ1) is 8.78. The molecule has 2 aromatic heterocycles. The highest BCUT2D eigenvalue weighted by Gasteiger charge is 2.05. The zero-order valence-electron chi connectivity index (χ0n) is 6.61. The van der Waals surface area contributed by atoms with Gasteiger partial charge in [-0.25, -0.2) is 4.98 Å². The molecule has 0 saturated heterocycles. The molecule has 66 valence electrons. The lowest BCUT2D eigenvalue weighted by Gasteiger charge is -2.04. The quantitative estimate of drug-likeness (QED) is 0.766. The van der Waals surface area contributed by atoms with E-state index >= 15 is 0 Å². The summed E-state index contributed by atoms with van der Waals surface area (Å²) in [5.41, 5.74) is 0. The molecule has 2 heterocycles. The van der Waals surface area contributed by atoms with Gasteiger partial charge in [0.05, 0.1) is 5.02 Å². The molecule has 0 unspecified atom stereocenters. The van der Waals surface area contributed by atoms with E-state index in [9.17, 15) is 0 Å². The van der Waals surface area contributed by atoms with Gasteiger partial charge in [-0.2, -0.15) is 0 Å². The van der Waals surface area contributed by atoms with Crippen LogP contribution in [0.15, 0.2) is 41.3 Å². The van der Waals surface area contributed by atoms with Crippen molar-refractivity contribution in [1.29, 1.82) is 0 Å². The van der Waals surface area contributed by atoms with Crippen LogP contribution in [0.2, 0.25) is 5.02 Å². The van der Waals surface area contributed by atoms with Crippen LogP contribution in [0.4, 0.5) is 0 Å². The molecule has 2 nitrogen and oxygen atoms in total. The Kier molecular flexibility index (Phi) is 2.38. The number of aromatic nitrogens is 2. The fourth-order valence-electron chi connectivity index (χ4n) is 1.07. The van der Waals surface area contributed by atoms with Crippen molar-refractivity contribution in [3.05, 3.63) is 46.3 Å². The van der Waals surface area contributed by atoms with Gasteiger partial charge in [-0.3, -0.25) is 0 Å². The van der Waals surface area contributed by atoms with Crippen molar-refractivity contribution in [3.8, 4) is 5.82 Å². The van der Waals surface area contributed by atoms with Crippen LogP contribution in [0, 0.1) is 0 Å². The summed E-state index contributed by atoms with van der Waals surface area (Å²) in [6.07, 6.45) is 5.52. The Balaban J connectivity index is 2.59. The fourth-order valence-corrected chi connectivity index (χ4v) is 1.57.